The summed E-state index contributed by atoms with van der Waals surface area (Å²) in [4.78, 5) is 24.2. The molecule has 0 N–H and O–H groups in total. The normalized spacial score (nSPS) is 16.4. The van der Waals surface area contributed by atoms with Crippen LogP contribution >= 0.6 is 35.0 Å². The zero-order valence-corrected chi connectivity index (χ0v) is 17.4. The van der Waals surface area contributed by atoms with Crippen LogP contribution in [0.1, 0.15) is 30.3 Å². The van der Waals surface area contributed by atoms with Crippen molar-refractivity contribution in [3.05, 3.63) is 69.7 Å². The molecule has 1 aliphatic heterocycles. The third-order valence-corrected chi connectivity index (χ3v) is 5.45. The molecule has 0 radical (unpaired) electrons. The predicted molar refractivity (Wildman–Crippen MR) is 113 cm³/mol. The molecule has 0 bridgehead atoms. The smallest absolute Gasteiger partial charge is 0.246 e. The van der Waals surface area contributed by atoms with Gasteiger partial charge in [0.15, 0.2) is 0 Å². The van der Waals surface area contributed by atoms with Gasteiger partial charge in [0.05, 0.1) is 6.21 Å². The van der Waals surface area contributed by atoms with Crippen LogP contribution in [-0.4, -0.2) is 33.2 Å². The van der Waals surface area contributed by atoms with Crippen LogP contribution < -0.4 is 0 Å². The SMILES string of the molecule is CC(=O)N(/N=C\c1ccc(Cl)cc1)C1=NN(C(C)=O)[C@@H](c2ccc(Cl)cc2)S1. The zero-order valence-electron chi connectivity index (χ0n) is 15.0. The first-order valence-corrected chi connectivity index (χ1v) is 9.89. The molecule has 2 aromatic carbocycles. The lowest BCUT2D eigenvalue weighted by Gasteiger charge is -2.19. The van der Waals surface area contributed by atoms with Gasteiger partial charge in [-0.25, -0.2) is 5.01 Å². The lowest BCUT2D eigenvalue weighted by atomic mass is 10.2. The fourth-order valence-corrected chi connectivity index (χ4v) is 3.87. The van der Waals surface area contributed by atoms with Gasteiger partial charge in [0.1, 0.15) is 5.37 Å². The summed E-state index contributed by atoms with van der Waals surface area (Å²) in [6.45, 7) is 2.81. The standard InChI is InChI=1S/C19H16Cl2N4O2S/c1-12(26)24-18(15-5-9-17(21)10-6-15)28-19(23-24)25(13(2)27)22-11-14-3-7-16(20)8-4-14/h3-11,18H,1-2H3/b22-11-/t18-/m1/s1. The van der Waals surface area contributed by atoms with E-state index in [4.69, 9.17) is 23.2 Å². The number of rotatable bonds is 3. The van der Waals surface area contributed by atoms with Crippen molar-refractivity contribution in [3.8, 4) is 0 Å². The maximum Gasteiger partial charge on any atom is 0.246 e. The molecule has 28 heavy (non-hydrogen) atoms. The average molecular weight is 435 g/mol. The first-order valence-electron chi connectivity index (χ1n) is 8.26. The fraction of sp³-hybridized carbons (Fsp3) is 0.158. The van der Waals surface area contributed by atoms with Crippen LogP contribution in [0.4, 0.5) is 0 Å². The molecule has 1 aliphatic rings. The van der Waals surface area contributed by atoms with E-state index in [0.717, 1.165) is 11.1 Å². The van der Waals surface area contributed by atoms with Crippen LogP contribution in [-0.2, 0) is 9.59 Å². The number of carbonyl (C=O) groups excluding carboxylic acids is 2. The Morgan fingerprint density at radius 2 is 1.64 bits per heavy atom. The number of hydrogen-bond donors (Lipinski definition) is 0. The molecule has 6 nitrogen and oxygen atoms in total. The molecule has 144 valence electrons. The van der Waals surface area contributed by atoms with E-state index in [1.54, 1.807) is 36.4 Å². The Bertz CT molecular complexity index is 945. The minimum atomic E-state index is -0.405. The van der Waals surface area contributed by atoms with Gasteiger partial charge in [0.25, 0.3) is 0 Å². The molecule has 2 amide bonds. The Hall–Kier alpha value is -2.35. The second-order valence-corrected chi connectivity index (χ2v) is 7.82. The first-order chi connectivity index (χ1) is 13.3. The van der Waals surface area contributed by atoms with Crippen molar-refractivity contribution in [2.75, 3.05) is 0 Å². The maximum absolute atomic E-state index is 12.1. The summed E-state index contributed by atoms with van der Waals surface area (Å²) >= 11 is 13.1. The van der Waals surface area contributed by atoms with Gasteiger partial charge in [0.2, 0.25) is 17.0 Å². The van der Waals surface area contributed by atoms with E-state index in [2.05, 4.69) is 10.2 Å². The lowest BCUT2D eigenvalue weighted by Crippen LogP contribution is -2.27. The van der Waals surface area contributed by atoms with Gasteiger partial charge in [-0.3, -0.25) is 9.59 Å². The molecule has 1 atom stereocenters. The van der Waals surface area contributed by atoms with E-state index < -0.39 is 5.37 Å². The van der Waals surface area contributed by atoms with E-state index in [1.165, 1.54) is 41.8 Å². The van der Waals surface area contributed by atoms with Gasteiger partial charge in [-0.15, -0.1) is 5.10 Å². The summed E-state index contributed by atoms with van der Waals surface area (Å²) in [5.41, 5.74) is 1.62. The second-order valence-electron chi connectivity index (χ2n) is 5.89. The Kier molecular flexibility index (Phi) is 6.39. The van der Waals surface area contributed by atoms with Gasteiger partial charge in [-0.05, 0) is 35.4 Å². The summed E-state index contributed by atoms with van der Waals surface area (Å²) in [5, 5.41) is 12.2. The summed E-state index contributed by atoms with van der Waals surface area (Å²) in [7, 11) is 0. The predicted octanol–water partition coefficient (Wildman–Crippen LogP) is 4.74. The lowest BCUT2D eigenvalue weighted by molar-refractivity contribution is -0.130. The van der Waals surface area contributed by atoms with Crippen LogP contribution in [0, 0.1) is 0 Å². The Morgan fingerprint density at radius 1 is 1.07 bits per heavy atom. The highest BCUT2D eigenvalue weighted by Crippen LogP contribution is 2.40. The van der Waals surface area contributed by atoms with Crippen LogP contribution in [0.2, 0.25) is 10.0 Å². The van der Waals surface area contributed by atoms with E-state index in [1.807, 2.05) is 12.1 Å². The molecule has 0 saturated carbocycles. The van der Waals surface area contributed by atoms with Crippen molar-refractivity contribution in [3.63, 3.8) is 0 Å². The van der Waals surface area contributed by atoms with E-state index in [0.29, 0.717) is 15.2 Å². The van der Waals surface area contributed by atoms with Gasteiger partial charge < -0.3 is 0 Å². The Labute approximate surface area is 176 Å². The highest BCUT2D eigenvalue weighted by atomic mass is 35.5. The molecule has 0 spiro atoms. The molecule has 0 aliphatic carbocycles. The van der Waals surface area contributed by atoms with Gasteiger partial charge in [-0.2, -0.15) is 10.1 Å². The van der Waals surface area contributed by atoms with E-state index >= 15 is 0 Å². The first kappa shape index (κ1) is 20.4. The van der Waals surface area contributed by atoms with Crippen molar-refractivity contribution in [2.24, 2.45) is 10.2 Å². The van der Waals surface area contributed by atoms with Crippen LogP contribution in [0.3, 0.4) is 0 Å². The number of amidine groups is 1. The highest BCUT2D eigenvalue weighted by Gasteiger charge is 2.35. The number of carbonyl (C=O) groups is 2. The molecular weight excluding hydrogens is 419 g/mol. The number of halogens is 2. The van der Waals surface area contributed by atoms with E-state index in [9.17, 15) is 9.59 Å². The van der Waals surface area contributed by atoms with Crippen LogP contribution in [0.15, 0.2) is 58.7 Å². The number of nitrogens with zero attached hydrogens (tertiary/aromatic N) is 4. The average Bonchev–Trinajstić information content (AvgIpc) is 3.09. The summed E-state index contributed by atoms with van der Waals surface area (Å²) in [6.07, 6.45) is 1.54. The third kappa shape index (κ3) is 4.73. The topological polar surface area (TPSA) is 65.3 Å². The van der Waals surface area contributed by atoms with Crippen molar-refractivity contribution in [2.45, 2.75) is 19.2 Å². The van der Waals surface area contributed by atoms with Crippen molar-refractivity contribution in [1.29, 1.82) is 0 Å². The summed E-state index contributed by atoms with van der Waals surface area (Å²) in [6, 6.07) is 14.2. The third-order valence-electron chi connectivity index (χ3n) is 3.78. The highest BCUT2D eigenvalue weighted by molar-refractivity contribution is 8.14. The quantitative estimate of drug-likeness (QED) is 0.517. The van der Waals surface area contributed by atoms with Gasteiger partial charge in [0, 0.05) is 23.9 Å². The Morgan fingerprint density at radius 3 is 2.18 bits per heavy atom. The molecule has 9 heteroatoms. The van der Waals surface area contributed by atoms with Gasteiger partial charge >= 0.3 is 0 Å². The molecule has 0 unspecified atom stereocenters. The Balaban J connectivity index is 1.87. The summed E-state index contributed by atoms with van der Waals surface area (Å²) in [5.74, 6) is -0.565. The minimum Gasteiger partial charge on any atom is -0.273 e. The van der Waals surface area contributed by atoms with E-state index in [-0.39, 0.29) is 11.8 Å². The maximum atomic E-state index is 12.1. The monoisotopic (exact) mass is 434 g/mol. The summed E-state index contributed by atoms with van der Waals surface area (Å²) < 4.78 is 0. The van der Waals surface area contributed by atoms with Crippen molar-refractivity contribution < 1.29 is 9.59 Å². The molecular formula is C19H16Cl2N4O2S. The fourth-order valence-electron chi connectivity index (χ4n) is 2.42. The molecule has 0 saturated heterocycles. The largest absolute Gasteiger partial charge is 0.273 e. The van der Waals surface area contributed by atoms with Gasteiger partial charge in [-0.1, -0.05) is 59.2 Å². The number of hydrazone groups is 2. The molecule has 0 aromatic heterocycles. The van der Waals surface area contributed by atoms with Crippen molar-refractivity contribution in [1.82, 2.24) is 10.0 Å². The molecule has 3 rings (SSSR count). The number of amides is 2. The van der Waals surface area contributed by atoms with Crippen molar-refractivity contribution >= 4 is 58.2 Å². The zero-order chi connectivity index (χ0) is 20.3. The molecule has 0 fully saturated rings. The van der Waals surface area contributed by atoms with Crippen LogP contribution in [0.5, 0.6) is 0 Å². The van der Waals surface area contributed by atoms with Crippen LogP contribution in [0.25, 0.3) is 0 Å². The molecule has 1 heterocycles. The number of thioether (sulfide) groups is 1. The number of benzene rings is 2. The number of hydrogen-bond acceptors (Lipinski definition) is 5. The second kappa shape index (κ2) is 8.77. The minimum absolute atomic E-state index is 0.243. The molecule has 2 aromatic rings.